The largest absolute Gasteiger partial charge is 0.490 e. The Morgan fingerprint density at radius 1 is 1.32 bits per heavy atom. The van der Waals surface area contributed by atoms with Crippen molar-refractivity contribution >= 4 is 17.8 Å². The summed E-state index contributed by atoms with van der Waals surface area (Å²) in [5.41, 5.74) is 0.805. The smallest absolute Gasteiger partial charge is 0.235 e. The molecule has 0 radical (unpaired) electrons. The minimum Gasteiger partial charge on any atom is -0.490 e. The van der Waals surface area contributed by atoms with Gasteiger partial charge in [-0.25, -0.2) is 4.79 Å². The molecule has 1 aliphatic carbocycles. The molecule has 1 heterocycles. The fourth-order valence-electron chi connectivity index (χ4n) is 2.71. The van der Waals surface area contributed by atoms with E-state index in [1.54, 1.807) is 6.08 Å². The highest BCUT2D eigenvalue weighted by Crippen LogP contribution is 2.45. The van der Waals surface area contributed by atoms with Crippen LogP contribution in [0.3, 0.4) is 0 Å². The van der Waals surface area contributed by atoms with Crippen molar-refractivity contribution in [3.8, 4) is 5.75 Å². The Kier molecular flexibility index (Phi) is 3.63. The summed E-state index contributed by atoms with van der Waals surface area (Å²) < 4.78 is 5.93. The number of thioether (sulfide) groups is 1. The van der Waals surface area contributed by atoms with Gasteiger partial charge in [0.25, 0.3) is 0 Å². The van der Waals surface area contributed by atoms with E-state index in [1.807, 2.05) is 36.0 Å². The van der Waals surface area contributed by atoms with Crippen LogP contribution in [0.5, 0.6) is 5.75 Å². The highest BCUT2D eigenvalue weighted by molar-refractivity contribution is 7.99. The SMILES string of the molecule is O=C=NC1(c2ccc(OC3CCSC3)cc2)CCC1. The summed E-state index contributed by atoms with van der Waals surface area (Å²) in [5.74, 6) is 3.20. The van der Waals surface area contributed by atoms with Crippen LogP contribution in [-0.2, 0) is 10.3 Å². The maximum absolute atomic E-state index is 10.6. The van der Waals surface area contributed by atoms with Gasteiger partial charge in [-0.05, 0) is 49.1 Å². The molecular formula is C15H17NO2S. The van der Waals surface area contributed by atoms with Crippen molar-refractivity contribution in [1.82, 2.24) is 0 Å². The molecule has 1 unspecified atom stereocenters. The van der Waals surface area contributed by atoms with Gasteiger partial charge in [0.15, 0.2) is 0 Å². The molecule has 1 aliphatic heterocycles. The van der Waals surface area contributed by atoms with Crippen molar-refractivity contribution < 1.29 is 9.53 Å². The van der Waals surface area contributed by atoms with Gasteiger partial charge < -0.3 is 4.74 Å². The molecule has 1 atom stereocenters. The van der Waals surface area contributed by atoms with E-state index in [-0.39, 0.29) is 5.54 Å². The quantitative estimate of drug-likeness (QED) is 0.625. The van der Waals surface area contributed by atoms with Gasteiger partial charge in [-0.15, -0.1) is 0 Å². The lowest BCUT2D eigenvalue weighted by Gasteiger charge is -2.37. The van der Waals surface area contributed by atoms with Crippen LogP contribution in [0.1, 0.15) is 31.2 Å². The van der Waals surface area contributed by atoms with Crippen LogP contribution in [-0.4, -0.2) is 23.7 Å². The van der Waals surface area contributed by atoms with Crippen molar-refractivity contribution in [1.29, 1.82) is 0 Å². The second-order valence-corrected chi connectivity index (χ2v) is 6.37. The molecule has 0 aromatic heterocycles. The minimum absolute atomic E-state index is 0.302. The molecule has 0 N–H and O–H groups in total. The van der Waals surface area contributed by atoms with E-state index in [0.717, 1.165) is 42.7 Å². The van der Waals surface area contributed by atoms with Gasteiger partial charge in [0, 0.05) is 5.75 Å². The van der Waals surface area contributed by atoms with E-state index < -0.39 is 0 Å². The number of hydrogen-bond acceptors (Lipinski definition) is 4. The number of nitrogens with zero attached hydrogens (tertiary/aromatic N) is 1. The molecule has 19 heavy (non-hydrogen) atoms. The van der Waals surface area contributed by atoms with Crippen molar-refractivity contribution in [2.24, 2.45) is 4.99 Å². The highest BCUT2D eigenvalue weighted by Gasteiger charge is 2.38. The third-order valence-electron chi connectivity index (χ3n) is 4.02. The highest BCUT2D eigenvalue weighted by atomic mass is 32.2. The number of carbonyl (C=O) groups excluding carboxylic acids is 1. The molecule has 0 amide bonds. The van der Waals surface area contributed by atoms with Crippen molar-refractivity contribution in [2.45, 2.75) is 37.3 Å². The fourth-order valence-corrected chi connectivity index (χ4v) is 3.80. The average Bonchev–Trinajstić information content (AvgIpc) is 2.88. The van der Waals surface area contributed by atoms with E-state index in [9.17, 15) is 4.79 Å². The van der Waals surface area contributed by atoms with Gasteiger partial charge >= 0.3 is 0 Å². The van der Waals surface area contributed by atoms with Gasteiger partial charge in [0.2, 0.25) is 6.08 Å². The van der Waals surface area contributed by atoms with E-state index in [4.69, 9.17) is 4.74 Å². The molecule has 1 aromatic carbocycles. The van der Waals surface area contributed by atoms with Gasteiger partial charge in [0.1, 0.15) is 11.9 Å². The summed E-state index contributed by atoms with van der Waals surface area (Å²) in [5, 5.41) is 0. The number of isocyanates is 1. The first-order valence-electron chi connectivity index (χ1n) is 6.76. The Labute approximate surface area is 117 Å². The molecule has 3 nitrogen and oxygen atoms in total. The maximum Gasteiger partial charge on any atom is 0.235 e. The zero-order valence-corrected chi connectivity index (χ0v) is 11.6. The van der Waals surface area contributed by atoms with Crippen molar-refractivity contribution in [2.75, 3.05) is 11.5 Å². The number of rotatable bonds is 4. The summed E-state index contributed by atoms with van der Waals surface area (Å²) in [6.45, 7) is 0. The Morgan fingerprint density at radius 2 is 2.11 bits per heavy atom. The predicted octanol–water partition coefficient (Wildman–Crippen LogP) is 3.29. The van der Waals surface area contributed by atoms with Crippen molar-refractivity contribution in [3.63, 3.8) is 0 Å². The zero-order chi connectivity index (χ0) is 13.1. The molecule has 2 aliphatic rings. The minimum atomic E-state index is -0.302. The summed E-state index contributed by atoms with van der Waals surface area (Å²) in [4.78, 5) is 14.6. The van der Waals surface area contributed by atoms with Crippen LogP contribution >= 0.6 is 11.8 Å². The predicted molar refractivity (Wildman–Crippen MR) is 76.5 cm³/mol. The Bertz CT molecular complexity index is 483. The summed E-state index contributed by atoms with van der Waals surface area (Å²) in [6.07, 6.45) is 6.22. The normalized spacial score (nSPS) is 24.3. The lowest BCUT2D eigenvalue weighted by Crippen LogP contribution is -2.31. The number of ether oxygens (including phenoxy) is 1. The monoisotopic (exact) mass is 275 g/mol. The van der Waals surface area contributed by atoms with Crippen LogP contribution in [0.25, 0.3) is 0 Å². The first-order valence-corrected chi connectivity index (χ1v) is 7.92. The van der Waals surface area contributed by atoms with Crippen LogP contribution in [0.2, 0.25) is 0 Å². The van der Waals surface area contributed by atoms with Crippen LogP contribution < -0.4 is 4.74 Å². The third-order valence-corrected chi connectivity index (χ3v) is 5.15. The van der Waals surface area contributed by atoms with E-state index in [0.29, 0.717) is 6.10 Å². The third kappa shape index (κ3) is 2.56. The van der Waals surface area contributed by atoms with Crippen LogP contribution in [0, 0.1) is 0 Å². The lowest BCUT2D eigenvalue weighted by atomic mass is 9.72. The molecule has 4 heteroatoms. The van der Waals surface area contributed by atoms with Gasteiger partial charge in [-0.1, -0.05) is 12.1 Å². The Balaban J connectivity index is 1.73. The molecule has 2 fully saturated rings. The molecule has 3 rings (SSSR count). The molecule has 1 saturated heterocycles. The second kappa shape index (κ2) is 5.40. The first-order chi connectivity index (χ1) is 9.32. The van der Waals surface area contributed by atoms with Gasteiger partial charge in [0.05, 0.1) is 5.54 Å². The molecule has 0 bridgehead atoms. The van der Waals surface area contributed by atoms with Gasteiger partial charge in [-0.2, -0.15) is 16.8 Å². The lowest BCUT2D eigenvalue weighted by molar-refractivity contribution is 0.228. The summed E-state index contributed by atoms with van der Waals surface area (Å²) in [6, 6.07) is 8.08. The average molecular weight is 275 g/mol. The second-order valence-electron chi connectivity index (χ2n) is 5.22. The fraction of sp³-hybridized carbons (Fsp3) is 0.533. The molecule has 0 spiro atoms. The molecular weight excluding hydrogens is 258 g/mol. The van der Waals surface area contributed by atoms with Crippen molar-refractivity contribution in [3.05, 3.63) is 29.8 Å². The Morgan fingerprint density at radius 3 is 2.63 bits per heavy atom. The maximum atomic E-state index is 10.6. The zero-order valence-electron chi connectivity index (χ0n) is 10.8. The van der Waals surface area contributed by atoms with E-state index >= 15 is 0 Å². The van der Waals surface area contributed by atoms with Gasteiger partial charge in [-0.3, -0.25) is 0 Å². The molecule has 1 aromatic rings. The van der Waals surface area contributed by atoms with E-state index in [2.05, 4.69) is 4.99 Å². The topological polar surface area (TPSA) is 38.7 Å². The number of benzene rings is 1. The Hall–Kier alpha value is -1.25. The number of hydrogen-bond donors (Lipinski definition) is 0. The summed E-state index contributed by atoms with van der Waals surface area (Å²) >= 11 is 1.95. The number of aliphatic imine (C=N–C) groups is 1. The summed E-state index contributed by atoms with van der Waals surface area (Å²) in [7, 11) is 0. The standard InChI is InChI=1S/C15H17NO2S/c17-11-16-15(7-1-8-15)12-2-4-13(5-3-12)18-14-6-9-19-10-14/h2-5,14H,1,6-10H2. The van der Waals surface area contributed by atoms with Crippen LogP contribution in [0.15, 0.2) is 29.3 Å². The first kappa shape index (κ1) is 12.8. The van der Waals surface area contributed by atoms with Crippen LogP contribution in [0.4, 0.5) is 0 Å². The van der Waals surface area contributed by atoms with E-state index in [1.165, 1.54) is 5.75 Å². The molecule has 100 valence electrons. The molecule has 1 saturated carbocycles.